The number of amides is 2. The van der Waals surface area contributed by atoms with Gasteiger partial charge in [0, 0.05) is 12.6 Å². The molecule has 0 unspecified atom stereocenters. The maximum atomic E-state index is 14.1. The fraction of sp³-hybridized carbons (Fsp3) is 0.355. The van der Waals surface area contributed by atoms with E-state index in [0.29, 0.717) is 18.6 Å². The Morgan fingerprint density at radius 3 is 2.20 bits per heavy atom. The van der Waals surface area contributed by atoms with Crippen LogP contribution in [0.3, 0.4) is 0 Å². The number of hydrogen-bond donors (Lipinski definition) is 1. The van der Waals surface area contributed by atoms with Crippen molar-refractivity contribution in [1.82, 2.24) is 10.2 Å². The minimum atomic E-state index is -4.27. The first kappa shape index (κ1) is 31.6. The Kier molecular flexibility index (Phi) is 10.9. The Hall–Kier alpha value is -3.92. The summed E-state index contributed by atoms with van der Waals surface area (Å²) >= 11 is 0. The molecule has 220 valence electrons. The minimum Gasteiger partial charge on any atom is -0.497 e. The fourth-order valence-corrected chi connectivity index (χ4v) is 5.79. The zero-order valence-corrected chi connectivity index (χ0v) is 24.9. The van der Waals surface area contributed by atoms with Gasteiger partial charge in [-0.1, -0.05) is 43.7 Å². The molecule has 0 bridgehead atoms. The van der Waals surface area contributed by atoms with E-state index < -0.39 is 34.3 Å². The Bertz CT molecular complexity index is 1430. The summed E-state index contributed by atoms with van der Waals surface area (Å²) in [6.07, 6.45) is 1.04. The number of rotatable bonds is 13. The third-order valence-electron chi connectivity index (χ3n) is 6.86. The first-order chi connectivity index (χ1) is 19.5. The molecule has 1 N–H and O–H groups in total. The van der Waals surface area contributed by atoms with E-state index in [0.717, 1.165) is 27.6 Å². The van der Waals surface area contributed by atoms with E-state index >= 15 is 0 Å². The number of nitrogens with zero attached hydrogens (tertiary/aromatic N) is 2. The van der Waals surface area contributed by atoms with E-state index in [1.54, 1.807) is 0 Å². The number of benzene rings is 3. The molecule has 8 nitrogen and oxygen atoms in total. The number of nitrogens with one attached hydrogen (secondary N) is 1. The first-order valence-electron chi connectivity index (χ1n) is 13.6. The molecule has 0 aliphatic rings. The van der Waals surface area contributed by atoms with Gasteiger partial charge in [0.1, 0.15) is 24.2 Å². The van der Waals surface area contributed by atoms with Crippen molar-refractivity contribution >= 4 is 27.5 Å². The van der Waals surface area contributed by atoms with Crippen LogP contribution in [0.4, 0.5) is 10.1 Å². The van der Waals surface area contributed by atoms with Gasteiger partial charge in [-0.3, -0.25) is 13.9 Å². The molecule has 0 saturated heterocycles. The molecule has 0 aliphatic carbocycles. The number of carbonyl (C=O) groups is 2. The topological polar surface area (TPSA) is 96.0 Å². The monoisotopic (exact) mass is 583 g/mol. The highest BCUT2D eigenvalue weighted by Gasteiger charge is 2.34. The molecule has 2 amide bonds. The molecule has 41 heavy (non-hydrogen) atoms. The van der Waals surface area contributed by atoms with Crippen LogP contribution in [0.5, 0.6) is 5.75 Å². The zero-order chi connectivity index (χ0) is 30.2. The Labute approximate surface area is 242 Å². The van der Waals surface area contributed by atoms with Crippen LogP contribution in [0.25, 0.3) is 0 Å². The molecule has 0 spiro atoms. The van der Waals surface area contributed by atoms with Gasteiger partial charge >= 0.3 is 0 Å². The third-order valence-corrected chi connectivity index (χ3v) is 8.65. The van der Waals surface area contributed by atoms with Gasteiger partial charge in [0.2, 0.25) is 11.8 Å². The van der Waals surface area contributed by atoms with Crippen molar-refractivity contribution in [3.63, 3.8) is 0 Å². The van der Waals surface area contributed by atoms with Crippen LogP contribution in [-0.2, 0) is 26.2 Å². The number of methoxy groups -OCH3 is 1. The normalized spacial score (nSPS) is 12.7. The molecule has 0 aliphatic heterocycles. The third kappa shape index (κ3) is 8.07. The van der Waals surface area contributed by atoms with Gasteiger partial charge in [-0.15, -0.1) is 0 Å². The Balaban J connectivity index is 2.05. The van der Waals surface area contributed by atoms with Crippen molar-refractivity contribution in [2.24, 2.45) is 0 Å². The molecule has 3 aromatic rings. The molecule has 0 fully saturated rings. The fourth-order valence-electron chi connectivity index (χ4n) is 4.38. The highest BCUT2D eigenvalue weighted by Crippen LogP contribution is 2.26. The minimum absolute atomic E-state index is 0.0674. The molecular formula is C31H38FN3O5S. The lowest BCUT2D eigenvalue weighted by molar-refractivity contribution is -0.140. The quantitative estimate of drug-likeness (QED) is 0.304. The highest BCUT2D eigenvalue weighted by molar-refractivity contribution is 7.92. The molecule has 10 heteroatoms. The van der Waals surface area contributed by atoms with Crippen LogP contribution in [0, 0.1) is 12.7 Å². The van der Waals surface area contributed by atoms with Crippen LogP contribution in [0.1, 0.15) is 44.7 Å². The standard InChI is InChI=1S/C31H38FN3O5S/c1-6-23(4)33-31(37)29(7-2)34(20-24-10-8-9-22(3)19-24)30(36)21-35(26-13-11-25(32)12-14-26)41(38,39)28-17-15-27(40-5)16-18-28/h8-19,23,29H,6-7,20-21H2,1-5H3,(H,33,37)/t23-,29+/m0/s1. The number of hydrogen-bond acceptors (Lipinski definition) is 5. The van der Waals surface area contributed by atoms with Gasteiger partial charge in [0.05, 0.1) is 17.7 Å². The lowest BCUT2D eigenvalue weighted by atomic mass is 10.1. The number of carbonyl (C=O) groups excluding carboxylic acids is 2. The lowest BCUT2D eigenvalue weighted by Crippen LogP contribution is -2.53. The summed E-state index contributed by atoms with van der Waals surface area (Å²) in [5.41, 5.74) is 1.91. The summed E-state index contributed by atoms with van der Waals surface area (Å²) in [7, 11) is -2.80. The number of sulfonamides is 1. The summed E-state index contributed by atoms with van der Waals surface area (Å²) < 4.78 is 47.6. The maximum absolute atomic E-state index is 14.1. The van der Waals surface area contributed by atoms with Crippen molar-refractivity contribution in [3.05, 3.63) is 89.7 Å². The second-order valence-corrected chi connectivity index (χ2v) is 11.8. The van der Waals surface area contributed by atoms with Crippen molar-refractivity contribution in [2.45, 2.75) is 64.1 Å². The van der Waals surface area contributed by atoms with Gasteiger partial charge in [-0.05, 0) is 80.8 Å². The summed E-state index contributed by atoms with van der Waals surface area (Å²) in [6.45, 7) is 7.08. The van der Waals surface area contributed by atoms with E-state index in [-0.39, 0.29) is 29.1 Å². The second kappa shape index (κ2) is 14.1. The molecular weight excluding hydrogens is 545 g/mol. The SMILES string of the molecule is CC[C@H](C(=O)N[C@@H](C)CC)N(Cc1cccc(C)c1)C(=O)CN(c1ccc(F)cc1)S(=O)(=O)c1ccc(OC)cc1. The van der Waals surface area contributed by atoms with Gasteiger partial charge < -0.3 is 15.0 Å². The Morgan fingerprint density at radius 1 is 0.976 bits per heavy atom. The van der Waals surface area contributed by atoms with E-state index in [1.807, 2.05) is 52.0 Å². The lowest BCUT2D eigenvalue weighted by Gasteiger charge is -2.33. The zero-order valence-electron chi connectivity index (χ0n) is 24.1. The largest absolute Gasteiger partial charge is 0.497 e. The summed E-state index contributed by atoms with van der Waals surface area (Å²) in [5.74, 6) is -0.959. The molecule has 0 heterocycles. The van der Waals surface area contributed by atoms with Crippen LogP contribution < -0.4 is 14.4 Å². The van der Waals surface area contributed by atoms with Gasteiger partial charge in [0.15, 0.2) is 0 Å². The molecule has 2 atom stereocenters. The average Bonchev–Trinajstić information content (AvgIpc) is 2.96. The molecule has 0 aromatic heterocycles. The van der Waals surface area contributed by atoms with Gasteiger partial charge in [-0.2, -0.15) is 0 Å². The summed E-state index contributed by atoms with van der Waals surface area (Å²) in [5, 5.41) is 2.95. The smallest absolute Gasteiger partial charge is 0.264 e. The predicted molar refractivity (Wildman–Crippen MR) is 158 cm³/mol. The van der Waals surface area contributed by atoms with E-state index in [4.69, 9.17) is 4.74 Å². The molecule has 3 rings (SSSR count). The second-order valence-electron chi connectivity index (χ2n) is 9.92. The predicted octanol–water partition coefficient (Wildman–Crippen LogP) is 5.06. The molecule has 0 radical (unpaired) electrons. The van der Waals surface area contributed by atoms with E-state index in [9.17, 15) is 22.4 Å². The van der Waals surface area contributed by atoms with E-state index in [1.165, 1.54) is 48.4 Å². The van der Waals surface area contributed by atoms with Crippen LogP contribution >= 0.6 is 0 Å². The van der Waals surface area contributed by atoms with Crippen molar-refractivity contribution < 1.29 is 27.1 Å². The van der Waals surface area contributed by atoms with Crippen LogP contribution in [0.2, 0.25) is 0 Å². The van der Waals surface area contributed by atoms with Crippen LogP contribution in [-0.4, -0.2) is 50.9 Å². The van der Waals surface area contributed by atoms with Crippen molar-refractivity contribution in [3.8, 4) is 5.75 Å². The number of halogens is 1. The van der Waals surface area contributed by atoms with Gasteiger partial charge in [0.25, 0.3) is 10.0 Å². The highest BCUT2D eigenvalue weighted by atomic mass is 32.2. The average molecular weight is 584 g/mol. The van der Waals surface area contributed by atoms with E-state index in [2.05, 4.69) is 5.32 Å². The van der Waals surface area contributed by atoms with Gasteiger partial charge in [-0.25, -0.2) is 12.8 Å². The Morgan fingerprint density at radius 2 is 1.63 bits per heavy atom. The van der Waals surface area contributed by atoms with Crippen LogP contribution in [0.15, 0.2) is 77.7 Å². The number of aryl methyl sites for hydroxylation is 1. The molecule has 0 saturated carbocycles. The number of anilines is 1. The van der Waals surface area contributed by atoms with Crippen molar-refractivity contribution in [1.29, 1.82) is 0 Å². The summed E-state index contributed by atoms with van der Waals surface area (Å²) in [6, 6.07) is 17.3. The van der Waals surface area contributed by atoms with Crippen molar-refractivity contribution in [2.75, 3.05) is 18.0 Å². The maximum Gasteiger partial charge on any atom is 0.264 e. The first-order valence-corrected chi connectivity index (χ1v) is 15.0. The number of ether oxygens (including phenoxy) is 1. The molecule has 3 aromatic carbocycles. The summed E-state index contributed by atoms with van der Waals surface area (Å²) in [4.78, 5) is 28.8.